The Morgan fingerprint density at radius 3 is 2.89 bits per heavy atom. The van der Waals surface area contributed by atoms with Gasteiger partial charge in [-0.3, -0.25) is 4.79 Å². The number of piperidine rings is 1. The van der Waals surface area contributed by atoms with Crippen molar-refractivity contribution in [2.24, 2.45) is 5.92 Å². The molecule has 7 nitrogen and oxygen atoms in total. The molecular formula is C19H23N5O2S. The molecule has 3 aromatic rings. The molecule has 27 heavy (non-hydrogen) atoms. The second kappa shape index (κ2) is 5.97. The lowest BCUT2D eigenvalue weighted by Crippen LogP contribution is -2.38. The van der Waals surface area contributed by atoms with Gasteiger partial charge >= 0.3 is 0 Å². The summed E-state index contributed by atoms with van der Waals surface area (Å²) in [6.07, 6.45) is 4.55. The molecule has 0 bridgehead atoms. The van der Waals surface area contributed by atoms with Crippen LogP contribution in [0.15, 0.2) is 6.33 Å². The SMILES string of the molecule is CC1CCN(C(=O)c2nc3c4c5c(sc4ncn3n2)COC(C)(C)C5)CC1. The maximum absolute atomic E-state index is 12.9. The summed E-state index contributed by atoms with van der Waals surface area (Å²) < 4.78 is 7.59. The maximum Gasteiger partial charge on any atom is 0.293 e. The molecule has 5 rings (SSSR count). The number of nitrogens with zero attached hydrogens (tertiary/aromatic N) is 5. The van der Waals surface area contributed by atoms with Crippen molar-refractivity contribution in [3.8, 4) is 0 Å². The second-order valence-electron chi connectivity index (χ2n) is 8.33. The van der Waals surface area contributed by atoms with Gasteiger partial charge in [0.2, 0.25) is 5.82 Å². The number of carbonyl (C=O) groups is 1. The smallest absolute Gasteiger partial charge is 0.293 e. The fourth-order valence-corrected chi connectivity index (χ4v) is 5.05. The summed E-state index contributed by atoms with van der Waals surface area (Å²) >= 11 is 1.65. The van der Waals surface area contributed by atoms with E-state index in [-0.39, 0.29) is 17.3 Å². The van der Waals surface area contributed by atoms with Crippen LogP contribution in [0.1, 0.15) is 54.7 Å². The van der Waals surface area contributed by atoms with Crippen LogP contribution >= 0.6 is 11.3 Å². The average molecular weight is 385 g/mol. The van der Waals surface area contributed by atoms with Crippen LogP contribution in [0.2, 0.25) is 0 Å². The summed E-state index contributed by atoms with van der Waals surface area (Å²) in [6, 6.07) is 0. The molecule has 5 heterocycles. The van der Waals surface area contributed by atoms with E-state index in [0.29, 0.717) is 12.5 Å². The molecule has 0 aromatic carbocycles. The highest BCUT2D eigenvalue weighted by Gasteiger charge is 2.31. The van der Waals surface area contributed by atoms with E-state index in [9.17, 15) is 4.79 Å². The van der Waals surface area contributed by atoms with Gasteiger partial charge in [-0.15, -0.1) is 16.4 Å². The Morgan fingerprint density at radius 2 is 2.11 bits per heavy atom. The first-order valence-electron chi connectivity index (χ1n) is 9.50. The first-order valence-corrected chi connectivity index (χ1v) is 10.3. The molecule has 0 spiro atoms. The van der Waals surface area contributed by atoms with Gasteiger partial charge in [0, 0.05) is 24.4 Å². The number of hydrogen-bond donors (Lipinski definition) is 0. The van der Waals surface area contributed by atoms with Gasteiger partial charge in [0.05, 0.1) is 17.6 Å². The number of ether oxygens (including phenoxy) is 1. The van der Waals surface area contributed by atoms with Gasteiger partial charge in [-0.05, 0) is 38.2 Å². The van der Waals surface area contributed by atoms with Crippen LogP contribution in [0.25, 0.3) is 15.9 Å². The lowest BCUT2D eigenvalue weighted by molar-refractivity contribution is -0.0379. The average Bonchev–Trinajstić information content (AvgIpc) is 3.21. The molecule has 1 amide bonds. The van der Waals surface area contributed by atoms with Gasteiger partial charge in [0.15, 0.2) is 5.65 Å². The van der Waals surface area contributed by atoms with Crippen LogP contribution in [-0.2, 0) is 17.8 Å². The molecule has 0 saturated carbocycles. The Kier molecular flexibility index (Phi) is 3.77. The molecule has 8 heteroatoms. The highest BCUT2D eigenvalue weighted by Crippen LogP contribution is 2.39. The Morgan fingerprint density at radius 1 is 1.33 bits per heavy atom. The Bertz CT molecular complexity index is 1050. The molecule has 1 fully saturated rings. The van der Waals surface area contributed by atoms with Crippen molar-refractivity contribution in [1.82, 2.24) is 24.5 Å². The van der Waals surface area contributed by atoms with Gasteiger partial charge in [-0.1, -0.05) is 6.92 Å². The largest absolute Gasteiger partial charge is 0.370 e. The molecule has 0 N–H and O–H groups in total. The summed E-state index contributed by atoms with van der Waals surface area (Å²) in [7, 11) is 0. The number of carbonyl (C=O) groups excluding carboxylic acids is 1. The minimum Gasteiger partial charge on any atom is -0.370 e. The third kappa shape index (κ3) is 2.82. The first kappa shape index (κ1) is 17.1. The third-order valence-corrected chi connectivity index (χ3v) is 6.78. The fraction of sp³-hybridized carbons (Fsp3) is 0.579. The maximum atomic E-state index is 12.9. The third-order valence-electron chi connectivity index (χ3n) is 5.67. The minimum absolute atomic E-state index is 0.0773. The van der Waals surface area contributed by atoms with Crippen LogP contribution in [0.4, 0.5) is 0 Å². The zero-order valence-electron chi connectivity index (χ0n) is 15.9. The highest BCUT2D eigenvalue weighted by molar-refractivity contribution is 7.19. The summed E-state index contributed by atoms with van der Waals surface area (Å²) in [5.74, 6) is 0.867. The summed E-state index contributed by atoms with van der Waals surface area (Å²) in [4.78, 5) is 26.1. The van der Waals surface area contributed by atoms with Crippen molar-refractivity contribution in [3.63, 3.8) is 0 Å². The molecule has 142 valence electrons. The first-order chi connectivity index (χ1) is 12.9. The van der Waals surface area contributed by atoms with Crippen LogP contribution in [0, 0.1) is 5.92 Å². The monoisotopic (exact) mass is 385 g/mol. The van der Waals surface area contributed by atoms with Crippen molar-refractivity contribution in [2.45, 2.75) is 52.2 Å². The number of rotatable bonds is 1. The number of likely N-dealkylation sites (tertiary alicyclic amines) is 1. The number of aromatic nitrogens is 4. The molecule has 0 aliphatic carbocycles. The highest BCUT2D eigenvalue weighted by atomic mass is 32.1. The van der Waals surface area contributed by atoms with Gasteiger partial charge in [-0.2, -0.15) is 0 Å². The van der Waals surface area contributed by atoms with Crippen molar-refractivity contribution >= 4 is 33.1 Å². The molecular weight excluding hydrogens is 362 g/mol. The van der Waals surface area contributed by atoms with E-state index < -0.39 is 0 Å². The second-order valence-corrected chi connectivity index (χ2v) is 9.42. The summed E-state index contributed by atoms with van der Waals surface area (Å²) in [5, 5.41) is 5.47. The van der Waals surface area contributed by atoms with Gasteiger partial charge in [-0.25, -0.2) is 14.5 Å². The van der Waals surface area contributed by atoms with E-state index in [1.807, 2.05) is 4.90 Å². The molecule has 0 unspecified atom stereocenters. The minimum atomic E-state index is -0.211. The molecule has 2 aliphatic rings. The van der Waals surface area contributed by atoms with Crippen molar-refractivity contribution in [1.29, 1.82) is 0 Å². The zero-order valence-corrected chi connectivity index (χ0v) is 16.7. The fourth-order valence-electron chi connectivity index (χ4n) is 3.99. The van der Waals surface area contributed by atoms with E-state index in [4.69, 9.17) is 4.74 Å². The molecule has 1 saturated heterocycles. The standard InChI is InChI=1S/C19H23N5O2S/c1-11-4-6-23(7-5-11)18(25)15-21-16-14-12-8-19(2,3)26-9-13(12)27-17(14)20-10-24(16)22-15/h10-11H,4-9H2,1-3H3. The number of fused-ring (bicyclic) bond motifs is 5. The predicted molar refractivity (Wildman–Crippen MR) is 103 cm³/mol. The topological polar surface area (TPSA) is 72.6 Å². The lowest BCUT2D eigenvalue weighted by atomic mass is 9.94. The van der Waals surface area contributed by atoms with Crippen LogP contribution in [-0.4, -0.2) is 49.1 Å². The predicted octanol–water partition coefficient (Wildman–Crippen LogP) is 3.06. The Hall–Kier alpha value is -2.06. The number of amides is 1. The zero-order chi connectivity index (χ0) is 18.8. The van der Waals surface area contributed by atoms with E-state index in [1.54, 1.807) is 22.2 Å². The molecule has 0 radical (unpaired) electrons. The van der Waals surface area contributed by atoms with E-state index in [0.717, 1.165) is 48.2 Å². The summed E-state index contributed by atoms with van der Waals surface area (Å²) in [6.45, 7) is 8.59. The van der Waals surface area contributed by atoms with Gasteiger partial charge in [0.1, 0.15) is 11.2 Å². The Labute approximate surface area is 161 Å². The van der Waals surface area contributed by atoms with Crippen LogP contribution in [0.5, 0.6) is 0 Å². The van der Waals surface area contributed by atoms with E-state index in [1.165, 1.54) is 10.4 Å². The summed E-state index contributed by atoms with van der Waals surface area (Å²) in [5.41, 5.74) is 1.75. The molecule has 2 aliphatic heterocycles. The van der Waals surface area contributed by atoms with Gasteiger partial charge < -0.3 is 9.64 Å². The molecule has 0 atom stereocenters. The normalized spacial score (nSPS) is 20.3. The van der Waals surface area contributed by atoms with Crippen LogP contribution < -0.4 is 0 Å². The van der Waals surface area contributed by atoms with Crippen molar-refractivity contribution in [2.75, 3.05) is 13.1 Å². The number of hydrogen-bond acceptors (Lipinski definition) is 6. The van der Waals surface area contributed by atoms with Crippen LogP contribution in [0.3, 0.4) is 0 Å². The molecule has 3 aromatic heterocycles. The van der Waals surface area contributed by atoms with E-state index in [2.05, 4.69) is 35.8 Å². The number of thiophene rings is 1. The van der Waals surface area contributed by atoms with E-state index >= 15 is 0 Å². The van der Waals surface area contributed by atoms with Gasteiger partial charge in [0.25, 0.3) is 5.91 Å². The van der Waals surface area contributed by atoms with Crippen molar-refractivity contribution in [3.05, 3.63) is 22.6 Å². The quantitative estimate of drug-likeness (QED) is 0.644. The lowest BCUT2D eigenvalue weighted by Gasteiger charge is -2.30. The van der Waals surface area contributed by atoms with Crippen molar-refractivity contribution < 1.29 is 9.53 Å². The Balaban J connectivity index is 1.58.